The molecule has 0 saturated heterocycles. The minimum Gasteiger partial charge on any atom is -0.362 e. The molecule has 0 bridgehead atoms. The summed E-state index contributed by atoms with van der Waals surface area (Å²) >= 11 is 1.61. The molecule has 0 fully saturated rings. The SMILES string of the molecule is CCCNc1nc(-c2ccc(NC(=O)C(C)C)cc2)cs1. The van der Waals surface area contributed by atoms with Gasteiger partial charge in [0.25, 0.3) is 0 Å². The molecule has 21 heavy (non-hydrogen) atoms. The Balaban J connectivity index is 2.04. The number of benzene rings is 1. The third-order valence-corrected chi connectivity index (χ3v) is 3.80. The maximum absolute atomic E-state index is 11.6. The molecule has 0 unspecified atom stereocenters. The van der Waals surface area contributed by atoms with E-state index in [-0.39, 0.29) is 11.8 Å². The zero-order chi connectivity index (χ0) is 15.2. The fourth-order valence-corrected chi connectivity index (χ4v) is 2.48. The standard InChI is InChI=1S/C16H21N3OS/c1-4-9-17-16-19-14(10-21-16)12-5-7-13(8-6-12)18-15(20)11(2)3/h5-8,10-11H,4,9H2,1-3H3,(H,17,19)(H,18,20). The maximum atomic E-state index is 11.6. The lowest BCUT2D eigenvalue weighted by Gasteiger charge is -2.07. The molecule has 0 saturated carbocycles. The summed E-state index contributed by atoms with van der Waals surface area (Å²) in [7, 11) is 0. The van der Waals surface area contributed by atoms with Gasteiger partial charge in [-0.3, -0.25) is 4.79 Å². The van der Waals surface area contributed by atoms with E-state index in [2.05, 4.69) is 22.5 Å². The van der Waals surface area contributed by atoms with Gasteiger partial charge in [-0.2, -0.15) is 0 Å². The first-order valence-corrected chi connectivity index (χ1v) is 8.08. The third kappa shape index (κ3) is 4.29. The Morgan fingerprint density at radius 3 is 2.62 bits per heavy atom. The molecule has 0 atom stereocenters. The van der Waals surface area contributed by atoms with E-state index in [1.807, 2.05) is 43.5 Å². The molecule has 1 amide bonds. The summed E-state index contributed by atoms with van der Waals surface area (Å²) in [5, 5.41) is 9.16. The van der Waals surface area contributed by atoms with Crippen molar-refractivity contribution in [3.63, 3.8) is 0 Å². The summed E-state index contributed by atoms with van der Waals surface area (Å²) in [4.78, 5) is 16.2. The van der Waals surface area contributed by atoms with Gasteiger partial charge in [-0.15, -0.1) is 11.3 Å². The average Bonchev–Trinajstić information content (AvgIpc) is 2.94. The van der Waals surface area contributed by atoms with Gasteiger partial charge in [0.2, 0.25) is 5.91 Å². The van der Waals surface area contributed by atoms with Gasteiger partial charge < -0.3 is 10.6 Å². The molecule has 0 aliphatic heterocycles. The summed E-state index contributed by atoms with van der Waals surface area (Å²) in [5.41, 5.74) is 2.83. The summed E-state index contributed by atoms with van der Waals surface area (Å²) in [6.45, 7) is 6.83. The van der Waals surface area contributed by atoms with Crippen LogP contribution < -0.4 is 10.6 Å². The first-order chi connectivity index (χ1) is 10.1. The van der Waals surface area contributed by atoms with Crippen molar-refractivity contribution < 1.29 is 4.79 Å². The van der Waals surface area contributed by atoms with Gasteiger partial charge in [0, 0.05) is 29.1 Å². The molecule has 1 aromatic heterocycles. The second-order valence-electron chi connectivity index (χ2n) is 5.19. The third-order valence-electron chi connectivity index (χ3n) is 3.00. The predicted molar refractivity (Wildman–Crippen MR) is 89.8 cm³/mol. The van der Waals surface area contributed by atoms with Crippen molar-refractivity contribution in [3.8, 4) is 11.3 Å². The van der Waals surface area contributed by atoms with Gasteiger partial charge in [-0.25, -0.2) is 4.98 Å². The van der Waals surface area contributed by atoms with Gasteiger partial charge in [-0.1, -0.05) is 32.9 Å². The van der Waals surface area contributed by atoms with Gasteiger partial charge in [0.1, 0.15) is 0 Å². The lowest BCUT2D eigenvalue weighted by atomic mass is 10.1. The Bertz CT molecular complexity index is 590. The lowest BCUT2D eigenvalue weighted by Crippen LogP contribution is -2.17. The number of amides is 1. The van der Waals surface area contributed by atoms with E-state index in [0.717, 1.165) is 35.0 Å². The minimum atomic E-state index is -0.0181. The average molecular weight is 303 g/mol. The molecule has 0 aliphatic rings. The fraction of sp³-hybridized carbons (Fsp3) is 0.375. The van der Waals surface area contributed by atoms with Crippen molar-refractivity contribution in [1.29, 1.82) is 0 Å². The van der Waals surface area contributed by atoms with Crippen LogP contribution >= 0.6 is 11.3 Å². The predicted octanol–water partition coefficient (Wildman–Crippen LogP) is 4.23. The Morgan fingerprint density at radius 2 is 2.00 bits per heavy atom. The first kappa shape index (κ1) is 15.5. The zero-order valence-corrected chi connectivity index (χ0v) is 13.5. The molecule has 112 valence electrons. The molecule has 0 radical (unpaired) electrons. The first-order valence-electron chi connectivity index (χ1n) is 7.21. The number of hydrogen-bond donors (Lipinski definition) is 2. The molecule has 2 aromatic rings. The van der Waals surface area contributed by atoms with Gasteiger partial charge in [0.15, 0.2) is 5.13 Å². The fourth-order valence-electron chi connectivity index (χ4n) is 1.73. The van der Waals surface area contributed by atoms with Crippen LogP contribution in [0.25, 0.3) is 11.3 Å². The van der Waals surface area contributed by atoms with E-state index < -0.39 is 0 Å². The van der Waals surface area contributed by atoms with Crippen LogP contribution in [0, 0.1) is 5.92 Å². The second-order valence-corrected chi connectivity index (χ2v) is 6.04. The molecule has 2 rings (SSSR count). The van der Waals surface area contributed by atoms with Crippen LogP contribution in [0.1, 0.15) is 27.2 Å². The van der Waals surface area contributed by atoms with Crippen molar-refractivity contribution in [2.24, 2.45) is 5.92 Å². The number of rotatable bonds is 6. The molecule has 4 nitrogen and oxygen atoms in total. The molecule has 2 N–H and O–H groups in total. The van der Waals surface area contributed by atoms with Crippen molar-refractivity contribution in [3.05, 3.63) is 29.6 Å². The summed E-state index contributed by atoms with van der Waals surface area (Å²) in [6, 6.07) is 7.78. The molecular weight excluding hydrogens is 282 g/mol. The molecule has 1 aromatic carbocycles. The van der Waals surface area contributed by atoms with Crippen molar-refractivity contribution in [1.82, 2.24) is 4.98 Å². The van der Waals surface area contributed by atoms with E-state index in [0.29, 0.717) is 0 Å². The smallest absolute Gasteiger partial charge is 0.226 e. The molecular formula is C16H21N3OS. The van der Waals surface area contributed by atoms with Crippen LogP contribution in [0.3, 0.4) is 0 Å². The number of nitrogens with one attached hydrogen (secondary N) is 2. The number of hydrogen-bond acceptors (Lipinski definition) is 4. The van der Waals surface area contributed by atoms with Crippen LogP contribution in [0.4, 0.5) is 10.8 Å². The van der Waals surface area contributed by atoms with E-state index in [4.69, 9.17) is 0 Å². The Hall–Kier alpha value is -1.88. The summed E-state index contributed by atoms with van der Waals surface area (Å²) < 4.78 is 0. The van der Waals surface area contributed by atoms with E-state index >= 15 is 0 Å². The molecule has 5 heteroatoms. The highest BCUT2D eigenvalue weighted by atomic mass is 32.1. The normalized spacial score (nSPS) is 10.7. The second kappa shape index (κ2) is 7.22. The van der Waals surface area contributed by atoms with Crippen LogP contribution in [0.2, 0.25) is 0 Å². The zero-order valence-electron chi connectivity index (χ0n) is 12.6. The highest BCUT2D eigenvalue weighted by molar-refractivity contribution is 7.14. The quantitative estimate of drug-likeness (QED) is 0.839. The Morgan fingerprint density at radius 1 is 1.29 bits per heavy atom. The Labute approximate surface area is 129 Å². The van der Waals surface area contributed by atoms with Gasteiger partial charge in [0.05, 0.1) is 5.69 Å². The van der Waals surface area contributed by atoms with Crippen molar-refractivity contribution in [2.45, 2.75) is 27.2 Å². The highest BCUT2D eigenvalue weighted by Crippen LogP contribution is 2.26. The van der Waals surface area contributed by atoms with Crippen molar-refractivity contribution in [2.75, 3.05) is 17.2 Å². The van der Waals surface area contributed by atoms with Crippen LogP contribution in [-0.2, 0) is 4.79 Å². The summed E-state index contributed by atoms with van der Waals surface area (Å²) in [6.07, 6.45) is 1.08. The number of thiazole rings is 1. The number of carbonyl (C=O) groups excluding carboxylic acids is 1. The lowest BCUT2D eigenvalue weighted by molar-refractivity contribution is -0.118. The van der Waals surface area contributed by atoms with Gasteiger partial charge >= 0.3 is 0 Å². The van der Waals surface area contributed by atoms with Crippen LogP contribution in [-0.4, -0.2) is 17.4 Å². The summed E-state index contributed by atoms with van der Waals surface area (Å²) in [5.74, 6) is 0.0119. The van der Waals surface area contributed by atoms with E-state index in [1.165, 1.54) is 0 Å². The van der Waals surface area contributed by atoms with Crippen LogP contribution in [0.5, 0.6) is 0 Å². The molecule has 0 spiro atoms. The minimum absolute atomic E-state index is 0.0181. The highest BCUT2D eigenvalue weighted by Gasteiger charge is 2.08. The van der Waals surface area contributed by atoms with Crippen LogP contribution in [0.15, 0.2) is 29.6 Å². The van der Waals surface area contributed by atoms with Crippen molar-refractivity contribution >= 4 is 28.1 Å². The Kier molecular flexibility index (Phi) is 5.33. The monoisotopic (exact) mass is 303 g/mol. The topological polar surface area (TPSA) is 54.0 Å². The maximum Gasteiger partial charge on any atom is 0.226 e. The number of carbonyl (C=O) groups is 1. The van der Waals surface area contributed by atoms with E-state index in [9.17, 15) is 4.79 Å². The van der Waals surface area contributed by atoms with Gasteiger partial charge in [-0.05, 0) is 18.6 Å². The molecule has 1 heterocycles. The largest absolute Gasteiger partial charge is 0.362 e. The molecule has 0 aliphatic carbocycles. The number of aromatic nitrogens is 1. The number of anilines is 2. The number of nitrogens with zero attached hydrogens (tertiary/aromatic N) is 1. The van der Waals surface area contributed by atoms with E-state index in [1.54, 1.807) is 11.3 Å².